The van der Waals surface area contributed by atoms with E-state index in [-0.39, 0.29) is 32.8 Å². The van der Waals surface area contributed by atoms with Gasteiger partial charge in [0.1, 0.15) is 17.6 Å². The Balaban J connectivity index is 2.08. The highest BCUT2D eigenvalue weighted by Crippen LogP contribution is 2.20. The molecule has 0 aliphatic heterocycles. The molecule has 11 heteroatoms. The van der Waals surface area contributed by atoms with Crippen LogP contribution < -0.4 is 5.48 Å². The molecule has 2 N–H and O–H groups in total. The molecule has 1 unspecified atom stereocenters. The Morgan fingerprint density at radius 2 is 1.97 bits per heavy atom. The first-order chi connectivity index (χ1) is 15.3. The molecular formula is C21H28N4O6S. The number of pyridine rings is 1. The Hall–Kier alpha value is -2.86. The number of carbonyl (C=O) groups excluding carboxylic acids is 2. The highest BCUT2D eigenvalue weighted by Gasteiger charge is 2.21. The number of hydrogen-bond donors (Lipinski definition) is 2. The van der Waals surface area contributed by atoms with E-state index < -0.39 is 23.0 Å². The first-order valence-corrected chi connectivity index (χ1v) is 11.0. The van der Waals surface area contributed by atoms with Crippen molar-refractivity contribution in [2.75, 3.05) is 47.0 Å². The average molecular weight is 465 g/mol. The summed E-state index contributed by atoms with van der Waals surface area (Å²) in [6, 6.07) is 11.3. The van der Waals surface area contributed by atoms with E-state index in [0.29, 0.717) is 4.90 Å². The van der Waals surface area contributed by atoms with E-state index in [1.807, 2.05) is 31.2 Å². The second-order valence-electron chi connectivity index (χ2n) is 6.93. The smallest absolute Gasteiger partial charge is 0.409 e. The molecule has 10 nitrogen and oxygen atoms in total. The molecular weight excluding hydrogens is 436 g/mol. The molecule has 2 aromatic rings. The molecule has 32 heavy (non-hydrogen) atoms. The summed E-state index contributed by atoms with van der Waals surface area (Å²) in [5.41, 5.74) is 4.30. The summed E-state index contributed by atoms with van der Waals surface area (Å²) in [7, 11) is 1.28. The van der Waals surface area contributed by atoms with E-state index in [1.165, 1.54) is 35.0 Å². The molecule has 174 valence electrons. The lowest BCUT2D eigenvalue weighted by Crippen LogP contribution is -2.42. The van der Waals surface area contributed by atoms with Crippen LogP contribution in [0.5, 0.6) is 0 Å². The maximum Gasteiger partial charge on any atom is 0.409 e. The topological polar surface area (TPSA) is 121 Å². The standard InChI is InChI=1S/C21H28N4O6S/c1-16-5-4-6-17(13-16)19-8-7-18(14-22-19)32(29)25(15-20(26)23-28)10-9-24(2)21(27)31-12-11-30-3/h4-8,13-14,28H,9-12,15H2,1-3H3,(H,23,26). The van der Waals surface area contributed by atoms with Crippen LogP contribution in [0.1, 0.15) is 5.56 Å². The molecule has 0 spiro atoms. The molecule has 2 rings (SSSR count). The van der Waals surface area contributed by atoms with Gasteiger partial charge in [0, 0.05) is 39.0 Å². The summed E-state index contributed by atoms with van der Waals surface area (Å²) in [6.45, 7) is 2.27. The predicted octanol–water partition coefficient (Wildman–Crippen LogP) is 1.60. The first kappa shape index (κ1) is 25.4. The van der Waals surface area contributed by atoms with Crippen molar-refractivity contribution < 1.29 is 28.5 Å². The highest BCUT2D eigenvalue weighted by atomic mass is 32.2. The molecule has 0 radical (unpaired) electrons. The maximum absolute atomic E-state index is 13.1. The molecule has 1 atom stereocenters. The van der Waals surface area contributed by atoms with Crippen molar-refractivity contribution in [3.8, 4) is 11.3 Å². The fraction of sp³-hybridized carbons (Fsp3) is 0.381. The first-order valence-electron chi connectivity index (χ1n) is 9.85. The average Bonchev–Trinajstić information content (AvgIpc) is 2.81. The molecule has 0 saturated carbocycles. The van der Waals surface area contributed by atoms with Gasteiger partial charge in [-0.1, -0.05) is 23.8 Å². The number of likely N-dealkylation sites (N-methyl/N-ethyl adjacent to an activating group) is 1. The van der Waals surface area contributed by atoms with Crippen LogP contribution in [-0.4, -0.2) is 82.6 Å². The Bertz CT molecular complexity index is 925. The van der Waals surface area contributed by atoms with Gasteiger partial charge < -0.3 is 14.4 Å². The third kappa shape index (κ3) is 7.68. The number of nitrogens with one attached hydrogen (secondary N) is 1. The fourth-order valence-electron chi connectivity index (χ4n) is 2.70. The lowest BCUT2D eigenvalue weighted by atomic mass is 10.1. The summed E-state index contributed by atoms with van der Waals surface area (Å²) in [5.74, 6) is -0.729. The van der Waals surface area contributed by atoms with Crippen LogP contribution in [0.2, 0.25) is 0 Å². The lowest BCUT2D eigenvalue weighted by Gasteiger charge is -2.23. The zero-order valence-corrected chi connectivity index (χ0v) is 19.1. The second kappa shape index (κ2) is 12.9. The van der Waals surface area contributed by atoms with E-state index in [4.69, 9.17) is 14.7 Å². The predicted molar refractivity (Wildman–Crippen MR) is 118 cm³/mol. The lowest BCUT2D eigenvalue weighted by molar-refractivity contribution is -0.129. The molecule has 0 aliphatic rings. The monoisotopic (exact) mass is 464 g/mol. The Morgan fingerprint density at radius 3 is 2.59 bits per heavy atom. The molecule has 2 amide bonds. The summed E-state index contributed by atoms with van der Waals surface area (Å²) >= 11 is 0. The number of methoxy groups -OCH3 is 1. The molecule has 1 aromatic carbocycles. The summed E-state index contributed by atoms with van der Waals surface area (Å²) in [6.07, 6.45) is 0.920. The van der Waals surface area contributed by atoms with Crippen molar-refractivity contribution in [3.05, 3.63) is 48.2 Å². The molecule has 0 aliphatic carbocycles. The third-order valence-electron chi connectivity index (χ3n) is 4.44. The molecule has 1 aromatic heterocycles. The third-order valence-corrected chi connectivity index (χ3v) is 5.87. The molecule has 0 bridgehead atoms. The minimum absolute atomic E-state index is 0.0928. The zero-order chi connectivity index (χ0) is 23.5. The van der Waals surface area contributed by atoms with Crippen LogP contribution in [0, 0.1) is 6.92 Å². The SMILES string of the molecule is COCCOC(=O)N(C)CCN(CC(=O)NO)S(=O)c1ccc(-c2cccc(C)c2)nc1. The quantitative estimate of drug-likeness (QED) is 0.294. The van der Waals surface area contributed by atoms with Gasteiger partial charge in [0.05, 0.1) is 23.7 Å². The fourth-order valence-corrected chi connectivity index (χ4v) is 3.81. The Morgan fingerprint density at radius 1 is 1.19 bits per heavy atom. The number of aryl methyl sites for hydroxylation is 1. The summed E-state index contributed by atoms with van der Waals surface area (Å²) < 4.78 is 24.3. The van der Waals surface area contributed by atoms with Gasteiger partial charge in [-0.05, 0) is 25.1 Å². The highest BCUT2D eigenvalue weighted by molar-refractivity contribution is 7.82. The second-order valence-corrected chi connectivity index (χ2v) is 8.41. The van der Waals surface area contributed by atoms with Crippen LogP contribution in [0.25, 0.3) is 11.3 Å². The normalized spacial score (nSPS) is 11.8. The number of nitrogens with zero attached hydrogens (tertiary/aromatic N) is 3. The number of amides is 2. The zero-order valence-electron chi connectivity index (χ0n) is 18.3. The van der Waals surface area contributed by atoms with E-state index in [1.54, 1.807) is 12.1 Å². The largest absolute Gasteiger partial charge is 0.447 e. The number of benzene rings is 1. The summed E-state index contributed by atoms with van der Waals surface area (Å²) in [4.78, 5) is 29.8. The van der Waals surface area contributed by atoms with Crippen molar-refractivity contribution >= 4 is 23.0 Å². The van der Waals surface area contributed by atoms with Crippen molar-refractivity contribution in [3.63, 3.8) is 0 Å². The van der Waals surface area contributed by atoms with E-state index in [2.05, 4.69) is 4.98 Å². The number of rotatable bonds is 11. The Labute approximate surface area is 189 Å². The number of carbonyl (C=O) groups is 2. The van der Waals surface area contributed by atoms with Crippen molar-refractivity contribution in [2.24, 2.45) is 0 Å². The number of aromatic nitrogens is 1. The van der Waals surface area contributed by atoms with Crippen molar-refractivity contribution in [1.29, 1.82) is 0 Å². The number of ether oxygens (including phenoxy) is 2. The van der Waals surface area contributed by atoms with Gasteiger partial charge in [-0.2, -0.15) is 0 Å². The van der Waals surface area contributed by atoms with Gasteiger partial charge in [0.15, 0.2) is 0 Å². The van der Waals surface area contributed by atoms with Crippen LogP contribution >= 0.6 is 0 Å². The molecule has 1 heterocycles. The van der Waals surface area contributed by atoms with Crippen molar-refractivity contribution in [2.45, 2.75) is 11.8 Å². The van der Waals surface area contributed by atoms with Crippen LogP contribution in [0.15, 0.2) is 47.5 Å². The number of hydrogen-bond acceptors (Lipinski definition) is 7. The minimum Gasteiger partial charge on any atom is -0.447 e. The van der Waals surface area contributed by atoms with Gasteiger partial charge in [-0.3, -0.25) is 15.0 Å². The van der Waals surface area contributed by atoms with Crippen LogP contribution in [-0.2, 0) is 25.3 Å². The Kier molecular flexibility index (Phi) is 10.2. The molecule has 0 saturated heterocycles. The van der Waals surface area contributed by atoms with Crippen molar-refractivity contribution in [1.82, 2.24) is 19.7 Å². The van der Waals surface area contributed by atoms with Gasteiger partial charge in [0.25, 0.3) is 5.91 Å². The van der Waals surface area contributed by atoms with E-state index in [9.17, 15) is 13.8 Å². The van der Waals surface area contributed by atoms with Gasteiger partial charge >= 0.3 is 6.09 Å². The van der Waals surface area contributed by atoms with Gasteiger partial charge in [-0.15, -0.1) is 0 Å². The van der Waals surface area contributed by atoms with E-state index >= 15 is 0 Å². The molecule has 0 fully saturated rings. The van der Waals surface area contributed by atoms with Crippen LogP contribution in [0.4, 0.5) is 4.79 Å². The summed E-state index contributed by atoms with van der Waals surface area (Å²) in [5, 5.41) is 8.87. The maximum atomic E-state index is 13.1. The minimum atomic E-state index is -1.75. The van der Waals surface area contributed by atoms with Crippen LogP contribution in [0.3, 0.4) is 0 Å². The number of hydroxylamine groups is 1. The van der Waals surface area contributed by atoms with Gasteiger partial charge in [0.2, 0.25) is 0 Å². The van der Waals surface area contributed by atoms with E-state index in [0.717, 1.165) is 16.8 Å². The van der Waals surface area contributed by atoms with Gasteiger partial charge in [-0.25, -0.2) is 18.8 Å².